The van der Waals surface area contributed by atoms with Crippen LogP contribution in [-0.2, 0) is 36.8 Å². The lowest BCUT2D eigenvalue weighted by molar-refractivity contribution is -0.143. The van der Waals surface area contributed by atoms with Crippen molar-refractivity contribution in [3.05, 3.63) is 54.1 Å². The summed E-state index contributed by atoms with van der Waals surface area (Å²) >= 11 is 0. The maximum Gasteiger partial charge on any atom is 0.326 e. The molecule has 13 nitrogen and oxygen atoms in total. The molecule has 0 aliphatic heterocycles. The Morgan fingerprint density at radius 3 is 2.19 bits per heavy atom. The van der Waals surface area contributed by atoms with Gasteiger partial charge in [0.25, 0.3) is 0 Å². The molecule has 0 saturated heterocycles. The zero-order valence-corrected chi connectivity index (χ0v) is 19.6. The number of nitrogens with two attached hydrogens (primary N) is 1. The molecule has 1 aromatic carbocycles. The number of aliphatic carboxylic acids is 2. The number of amides is 3. The Kier molecular flexibility index (Phi) is 10.6. The number of aromatic nitrogens is 2. The summed E-state index contributed by atoms with van der Waals surface area (Å²) < 4.78 is 0. The van der Waals surface area contributed by atoms with Gasteiger partial charge in [0.05, 0.1) is 12.4 Å². The maximum absolute atomic E-state index is 12.9. The van der Waals surface area contributed by atoms with E-state index in [4.69, 9.17) is 10.8 Å². The van der Waals surface area contributed by atoms with Crippen LogP contribution in [0.3, 0.4) is 0 Å². The maximum atomic E-state index is 12.9. The SMILES string of the molecule is CC(NC(=O)C(N)Cc1cnc[nH]1)C(=O)NC(Cc1ccccc1)C(=O)NC(CCC(=O)O)C(=O)O. The smallest absolute Gasteiger partial charge is 0.326 e. The number of H-pyrrole nitrogens is 1. The quantitative estimate of drug-likeness (QED) is 0.167. The van der Waals surface area contributed by atoms with Gasteiger partial charge in [-0.1, -0.05) is 30.3 Å². The zero-order chi connectivity index (χ0) is 26.7. The molecular formula is C23H30N6O7. The third kappa shape index (κ3) is 9.18. The molecule has 0 aliphatic carbocycles. The molecule has 4 unspecified atom stereocenters. The van der Waals surface area contributed by atoms with E-state index in [0.717, 1.165) is 0 Å². The first-order valence-corrected chi connectivity index (χ1v) is 11.2. The molecule has 2 rings (SSSR count). The van der Waals surface area contributed by atoms with E-state index in [1.165, 1.54) is 19.4 Å². The van der Waals surface area contributed by atoms with Crippen LogP contribution in [0.25, 0.3) is 0 Å². The summed E-state index contributed by atoms with van der Waals surface area (Å²) in [6.45, 7) is 1.42. The molecule has 8 N–H and O–H groups in total. The van der Waals surface area contributed by atoms with Crippen molar-refractivity contribution in [3.8, 4) is 0 Å². The lowest BCUT2D eigenvalue weighted by Crippen LogP contribution is -2.57. The van der Waals surface area contributed by atoms with E-state index in [1.807, 2.05) is 0 Å². The summed E-state index contributed by atoms with van der Waals surface area (Å²) in [5, 5.41) is 25.5. The van der Waals surface area contributed by atoms with E-state index in [0.29, 0.717) is 11.3 Å². The molecule has 0 radical (unpaired) electrons. The minimum absolute atomic E-state index is 0.0314. The van der Waals surface area contributed by atoms with E-state index >= 15 is 0 Å². The number of hydrogen-bond donors (Lipinski definition) is 7. The average Bonchev–Trinajstić information content (AvgIpc) is 3.34. The predicted octanol–water partition coefficient (Wildman–Crippen LogP) is -1.05. The number of benzene rings is 1. The monoisotopic (exact) mass is 502 g/mol. The van der Waals surface area contributed by atoms with Crippen LogP contribution < -0.4 is 21.7 Å². The standard InChI is InChI=1S/C23H30N6O7/c1-13(27-21(33)16(24)10-15-11-25-12-26-15)20(32)29-18(9-14-5-3-2-4-6-14)22(34)28-17(23(35)36)7-8-19(30)31/h2-6,11-13,16-18H,7-10,24H2,1H3,(H,25,26)(H,27,33)(H,28,34)(H,29,32)(H,30,31)(H,35,36). The summed E-state index contributed by atoms with van der Waals surface area (Å²) in [5.41, 5.74) is 7.22. The summed E-state index contributed by atoms with van der Waals surface area (Å²) in [6.07, 6.45) is 2.38. The van der Waals surface area contributed by atoms with Crippen molar-refractivity contribution in [3.63, 3.8) is 0 Å². The Hall–Kier alpha value is -4.26. The lowest BCUT2D eigenvalue weighted by atomic mass is 10.0. The number of imidazole rings is 1. The first-order valence-electron chi connectivity index (χ1n) is 11.2. The first-order chi connectivity index (χ1) is 17.1. The Bertz CT molecular complexity index is 1040. The minimum Gasteiger partial charge on any atom is -0.481 e. The fourth-order valence-electron chi connectivity index (χ4n) is 3.27. The molecule has 194 valence electrons. The lowest BCUT2D eigenvalue weighted by Gasteiger charge is -2.24. The Morgan fingerprint density at radius 2 is 1.61 bits per heavy atom. The van der Waals surface area contributed by atoms with Crippen LogP contribution in [0.2, 0.25) is 0 Å². The molecule has 2 aromatic rings. The molecule has 1 heterocycles. The van der Waals surface area contributed by atoms with E-state index in [-0.39, 0.29) is 19.3 Å². The molecule has 1 aromatic heterocycles. The fraction of sp³-hybridized carbons (Fsp3) is 0.391. The van der Waals surface area contributed by atoms with Crippen LogP contribution in [0.4, 0.5) is 0 Å². The number of carbonyl (C=O) groups is 5. The van der Waals surface area contributed by atoms with E-state index in [1.54, 1.807) is 30.3 Å². The Balaban J connectivity index is 2.06. The van der Waals surface area contributed by atoms with Crippen molar-refractivity contribution in [2.45, 2.75) is 56.8 Å². The van der Waals surface area contributed by atoms with Crippen molar-refractivity contribution < 1.29 is 34.2 Å². The number of nitrogens with zero attached hydrogens (tertiary/aromatic N) is 1. The molecular weight excluding hydrogens is 472 g/mol. The number of aromatic amines is 1. The number of hydrogen-bond acceptors (Lipinski definition) is 7. The van der Waals surface area contributed by atoms with Crippen LogP contribution in [0.15, 0.2) is 42.9 Å². The van der Waals surface area contributed by atoms with Crippen LogP contribution in [0.1, 0.15) is 31.0 Å². The molecule has 4 atom stereocenters. The fourth-order valence-corrected chi connectivity index (χ4v) is 3.27. The van der Waals surface area contributed by atoms with Crippen LogP contribution in [0.5, 0.6) is 0 Å². The number of carboxylic acid groups (broad SMARTS) is 2. The minimum atomic E-state index is -1.46. The number of carboxylic acids is 2. The van der Waals surface area contributed by atoms with E-state index in [2.05, 4.69) is 25.9 Å². The summed E-state index contributed by atoms with van der Waals surface area (Å²) in [4.78, 5) is 67.1. The highest BCUT2D eigenvalue weighted by molar-refractivity contribution is 5.94. The number of carbonyl (C=O) groups excluding carboxylic acids is 3. The molecule has 36 heavy (non-hydrogen) atoms. The van der Waals surface area contributed by atoms with Gasteiger partial charge < -0.3 is 36.9 Å². The first kappa shape index (κ1) is 28.0. The summed E-state index contributed by atoms with van der Waals surface area (Å²) in [6, 6.07) is 4.05. The van der Waals surface area contributed by atoms with Gasteiger partial charge in [-0.05, 0) is 18.9 Å². The van der Waals surface area contributed by atoms with Gasteiger partial charge in [-0.15, -0.1) is 0 Å². The van der Waals surface area contributed by atoms with Gasteiger partial charge in [-0.3, -0.25) is 19.2 Å². The van der Waals surface area contributed by atoms with Gasteiger partial charge in [0.15, 0.2) is 0 Å². The van der Waals surface area contributed by atoms with Crippen molar-refractivity contribution in [2.75, 3.05) is 0 Å². The van der Waals surface area contributed by atoms with Crippen LogP contribution in [0, 0.1) is 0 Å². The van der Waals surface area contributed by atoms with Gasteiger partial charge in [0.1, 0.15) is 18.1 Å². The highest BCUT2D eigenvalue weighted by Crippen LogP contribution is 2.06. The summed E-state index contributed by atoms with van der Waals surface area (Å²) in [7, 11) is 0. The summed E-state index contributed by atoms with van der Waals surface area (Å²) in [5.74, 6) is -4.69. The van der Waals surface area contributed by atoms with Gasteiger partial charge >= 0.3 is 11.9 Å². The largest absolute Gasteiger partial charge is 0.481 e. The second-order valence-electron chi connectivity index (χ2n) is 8.20. The van der Waals surface area contributed by atoms with E-state index < -0.39 is 60.2 Å². The molecule has 3 amide bonds. The van der Waals surface area contributed by atoms with Gasteiger partial charge in [-0.2, -0.15) is 0 Å². The molecule has 13 heteroatoms. The third-order valence-electron chi connectivity index (χ3n) is 5.26. The highest BCUT2D eigenvalue weighted by Gasteiger charge is 2.29. The Labute approximate surface area is 206 Å². The molecule has 0 spiro atoms. The zero-order valence-electron chi connectivity index (χ0n) is 19.6. The van der Waals surface area contributed by atoms with Crippen LogP contribution in [-0.4, -0.2) is 74.0 Å². The van der Waals surface area contributed by atoms with E-state index in [9.17, 15) is 29.1 Å². The normalized spacial score (nSPS) is 14.1. The van der Waals surface area contributed by atoms with Crippen molar-refractivity contribution in [1.82, 2.24) is 25.9 Å². The van der Waals surface area contributed by atoms with Crippen molar-refractivity contribution in [1.29, 1.82) is 0 Å². The highest BCUT2D eigenvalue weighted by atomic mass is 16.4. The number of rotatable bonds is 14. The average molecular weight is 503 g/mol. The molecule has 0 bridgehead atoms. The number of nitrogens with one attached hydrogen (secondary N) is 4. The second kappa shape index (κ2) is 13.6. The van der Waals surface area contributed by atoms with Gasteiger partial charge in [0.2, 0.25) is 17.7 Å². The predicted molar refractivity (Wildman–Crippen MR) is 126 cm³/mol. The van der Waals surface area contributed by atoms with Gasteiger partial charge in [0, 0.05) is 31.2 Å². The third-order valence-corrected chi connectivity index (χ3v) is 5.26. The van der Waals surface area contributed by atoms with Crippen LogP contribution >= 0.6 is 0 Å². The van der Waals surface area contributed by atoms with Crippen molar-refractivity contribution in [2.24, 2.45) is 5.73 Å². The second-order valence-corrected chi connectivity index (χ2v) is 8.20. The topological polar surface area (TPSA) is 217 Å². The Morgan fingerprint density at radius 1 is 0.944 bits per heavy atom. The molecule has 0 aliphatic rings. The van der Waals surface area contributed by atoms with Crippen molar-refractivity contribution >= 4 is 29.7 Å². The molecule has 0 saturated carbocycles. The molecule has 0 fully saturated rings. The van der Waals surface area contributed by atoms with Gasteiger partial charge in [-0.25, -0.2) is 9.78 Å².